The van der Waals surface area contributed by atoms with Gasteiger partial charge in [0.2, 0.25) is 0 Å². The molecule has 9 nitrogen and oxygen atoms in total. The second kappa shape index (κ2) is 7.75. The van der Waals surface area contributed by atoms with Gasteiger partial charge in [-0.15, -0.1) is 0 Å². The maximum absolute atomic E-state index is 11.6. The summed E-state index contributed by atoms with van der Waals surface area (Å²) in [6.07, 6.45) is -4.55. The first-order valence-corrected chi connectivity index (χ1v) is 8.87. The number of fused-ring (bicyclic) bond motifs is 2. The molecule has 2 fully saturated rings. The highest BCUT2D eigenvalue weighted by molar-refractivity contribution is 5.83. The third kappa shape index (κ3) is 3.54. The zero-order valence-corrected chi connectivity index (χ0v) is 15.0. The number of aliphatic hydroxyl groups is 1. The lowest BCUT2D eigenvalue weighted by Crippen LogP contribution is -2.62. The molecule has 0 bridgehead atoms. The minimum absolute atomic E-state index is 0.125. The number of nitrogens with zero attached hydrogens (tertiary/aromatic N) is 3. The molecule has 28 heavy (non-hydrogen) atoms. The van der Waals surface area contributed by atoms with Gasteiger partial charge in [-0.3, -0.25) is 4.79 Å². The minimum Gasteiger partial charge on any atom is -0.459 e. The first kappa shape index (κ1) is 18.7. The minimum atomic E-state index is -1.43. The summed E-state index contributed by atoms with van der Waals surface area (Å²) in [6.45, 7) is 1.37. The van der Waals surface area contributed by atoms with E-state index in [0.29, 0.717) is 0 Å². The summed E-state index contributed by atoms with van der Waals surface area (Å²) in [7, 11) is 0. The lowest BCUT2D eigenvalue weighted by Gasteiger charge is -2.46. The molecule has 0 spiro atoms. The molecule has 2 aromatic rings. The molecule has 0 saturated carbocycles. The molecule has 2 saturated heterocycles. The van der Waals surface area contributed by atoms with Gasteiger partial charge in [0.25, 0.3) is 0 Å². The van der Waals surface area contributed by atoms with Crippen LogP contribution in [-0.2, 0) is 23.7 Å². The molecule has 2 aliphatic rings. The monoisotopic (exact) mass is 385 g/mol. The van der Waals surface area contributed by atoms with Crippen LogP contribution in [0.4, 0.5) is 0 Å². The number of aliphatic hydroxyl groups excluding tert-OH is 1. The zero-order valence-electron chi connectivity index (χ0n) is 15.0. The largest absolute Gasteiger partial charge is 0.459 e. The van der Waals surface area contributed by atoms with Crippen LogP contribution in [0.1, 0.15) is 18.8 Å². The number of carbonyl (C=O) groups excluding carboxylic acids is 1. The van der Waals surface area contributed by atoms with E-state index in [1.807, 2.05) is 42.5 Å². The Labute approximate surface area is 160 Å². The van der Waals surface area contributed by atoms with E-state index in [4.69, 9.17) is 24.5 Å². The van der Waals surface area contributed by atoms with Crippen LogP contribution in [0.2, 0.25) is 0 Å². The molecule has 2 aliphatic heterocycles. The fourth-order valence-corrected chi connectivity index (χ4v) is 3.61. The molecule has 0 aromatic heterocycles. The quantitative estimate of drug-likeness (QED) is 0.375. The van der Waals surface area contributed by atoms with E-state index in [1.165, 1.54) is 6.92 Å². The van der Waals surface area contributed by atoms with Gasteiger partial charge >= 0.3 is 5.97 Å². The average Bonchev–Trinajstić information content (AvgIpc) is 2.69. The van der Waals surface area contributed by atoms with Crippen LogP contribution in [0.3, 0.4) is 0 Å². The van der Waals surface area contributed by atoms with Crippen LogP contribution >= 0.6 is 0 Å². The maximum Gasteiger partial charge on any atom is 0.303 e. The van der Waals surface area contributed by atoms with Crippen LogP contribution in [0.25, 0.3) is 21.2 Å². The van der Waals surface area contributed by atoms with Gasteiger partial charge in [0.1, 0.15) is 24.4 Å². The number of benzene rings is 2. The Balaban J connectivity index is 1.62. The number of hydrogen-bond donors (Lipinski definition) is 1. The summed E-state index contributed by atoms with van der Waals surface area (Å²) >= 11 is 0. The second-order valence-electron chi connectivity index (χ2n) is 6.71. The predicted molar refractivity (Wildman–Crippen MR) is 96.9 cm³/mol. The fourth-order valence-electron chi connectivity index (χ4n) is 3.61. The highest BCUT2D eigenvalue weighted by Crippen LogP contribution is 2.36. The van der Waals surface area contributed by atoms with Gasteiger partial charge < -0.3 is 24.1 Å². The Morgan fingerprint density at radius 2 is 2.04 bits per heavy atom. The molecule has 1 unspecified atom stereocenters. The molecule has 0 radical (unpaired) electrons. The van der Waals surface area contributed by atoms with Crippen LogP contribution < -0.4 is 0 Å². The van der Waals surface area contributed by atoms with Crippen LogP contribution in [-0.4, -0.2) is 48.3 Å². The first-order chi connectivity index (χ1) is 13.6. The first-order valence-electron chi connectivity index (χ1n) is 8.87. The van der Waals surface area contributed by atoms with Crippen molar-refractivity contribution < 1.29 is 28.8 Å². The van der Waals surface area contributed by atoms with Crippen molar-refractivity contribution in [1.82, 2.24) is 0 Å². The van der Waals surface area contributed by atoms with Crippen molar-refractivity contribution in [2.75, 3.05) is 6.61 Å². The normalized spacial score (nSPS) is 32.2. The molecule has 146 valence electrons. The third-order valence-electron chi connectivity index (χ3n) is 4.86. The number of azide groups is 1. The summed E-state index contributed by atoms with van der Waals surface area (Å²) in [5, 5.41) is 15.8. The molecule has 0 amide bonds. The summed E-state index contributed by atoms with van der Waals surface area (Å²) < 4.78 is 22.6. The van der Waals surface area contributed by atoms with Gasteiger partial charge in [0.05, 0.1) is 6.61 Å². The van der Waals surface area contributed by atoms with Gasteiger partial charge in [-0.1, -0.05) is 41.5 Å². The zero-order chi connectivity index (χ0) is 19.7. The molecular formula is C19H19N3O6. The third-order valence-corrected chi connectivity index (χ3v) is 4.86. The maximum atomic E-state index is 11.6. The second-order valence-corrected chi connectivity index (χ2v) is 6.71. The number of esters is 1. The molecule has 0 aliphatic carbocycles. The lowest BCUT2D eigenvalue weighted by molar-refractivity contribution is -0.336. The van der Waals surface area contributed by atoms with Crippen LogP contribution in [0.15, 0.2) is 47.6 Å². The van der Waals surface area contributed by atoms with E-state index in [2.05, 4.69) is 10.0 Å². The summed E-state index contributed by atoms with van der Waals surface area (Å²) in [5.74, 6) is -0.576. The predicted octanol–water partition coefficient (Wildman–Crippen LogP) is 2.58. The fraction of sp³-hybridized carbons (Fsp3) is 0.421. The molecule has 1 N–H and O–H groups in total. The standard InChI is InChI=1S/C19H19N3O6/c1-10(23)26-17-15(21-22-20)18(24)27-14-9-25-19(28-16(14)17)13-7-6-11-4-2-3-5-12(11)8-13/h2-8,14-19,24H,9H2,1H3/t14-,15-,16-,17-,18?,19-/m1/s1. The number of carbonyl (C=O) groups is 1. The van der Waals surface area contributed by atoms with Crippen molar-refractivity contribution in [3.8, 4) is 0 Å². The highest BCUT2D eigenvalue weighted by Gasteiger charge is 2.51. The average molecular weight is 385 g/mol. The van der Waals surface area contributed by atoms with E-state index in [9.17, 15) is 9.90 Å². The molecule has 6 atom stereocenters. The van der Waals surface area contributed by atoms with E-state index < -0.39 is 42.9 Å². The number of rotatable bonds is 3. The Hall–Kier alpha value is -2.68. The molecule has 9 heteroatoms. The van der Waals surface area contributed by atoms with Gasteiger partial charge in [0, 0.05) is 17.4 Å². The van der Waals surface area contributed by atoms with Gasteiger partial charge in [0.15, 0.2) is 12.6 Å². The van der Waals surface area contributed by atoms with Crippen molar-refractivity contribution >= 4 is 16.7 Å². The summed E-state index contributed by atoms with van der Waals surface area (Å²) in [5.41, 5.74) is 9.60. The smallest absolute Gasteiger partial charge is 0.303 e. The Bertz CT molecular complexity index is 931. The van der Waals surface area contributed by atoms with Crippen molar-refractivity contribution in [3.63, 3.8) is 0 Å². The Kier molecular flexibility index (Phi) is 5.17. The highest BCUT2D eigenvalue weighted by atomic mass is 16.7. The number of ether oxygens (including phenoxy) is 4. The molecule has 2 aromatic carbocycles. The van der Waals surface area contributed by atoms with E-state index in [1.54, 1.807) is 0 Å². The SMILES string of the molecule is CC(=O)O[C@H]1[C@@H]2O[C@H](c3ccc4ccccc4c3)OC[C@H]2OC(O)[C@@H]1N=[N+]=[N-]. The summed E-state index contributed by atoms with van der Waals surface area (Å²) in [4.78, 5) is 14.3. The van der Waals surface area contributed by atoms with Crippen LogP contribution in [0.5, 0.6) is 0 Å². The topological polar surface area (TPSA) is 123 Å². The van der Waals surface area contributed by atoms with Crippen molar-refractivity contribution in [1.29, 1.82) is 0 Å². The van der Waals surface area contributed by atoms with E-state index >= 15 is 0 Å². The molecular weight excluding hydrogens is 366 g/mol. The summed E-state index contributed by atoms with van der Waals surface area (Å²) in [6, 6.07) is 12.6. The molecule has 2 heterocycles. The van der Waals surface area contributed by atoms with Gasteiger partial charge in [-0.05, 0) is 22.4 Å². The number of hydrogen-bond acceptors (Lipinski definition) is 7. The van der Waals surface area contributed by atoms with Gasteiger partial charge in [-0.2, -0.15) is 0 Å². The van der Waals surface area contributed by atoms with Gasteiger partial charge in [-0.25, -0.2) is 0 Å². The van der Waals surface area contributed by atoms with Crippen molar-refractivity contribution in [3.05, 3.63) is 58.5 Å². The lowest BCUT2D eigenvalue weighted by atomic mass is 9.96. The van der Waals surface area contributed by atoms with Crippen molar-refractivity contribution in [2.24, 2.45) is 5.11 Å². The molecule has 4 rings (SSSR count). The van der Waals surface area contributed by atoms with E-state index in [0.717, 1.165) is 16.3 Å². The van der Waals surface area contributed by atoms with Crippen LogP contribution in [0, 0.1) is 0 Å². The van der Waals surface area contributed by atoms with Crippen molar-refractivity contribution in [2.45, 2.75) is 43.9 Å². The Morgan fingerprint density at radius 3 is 2.79 bits per heavy atom. The Morgan fingerprint density at radius 1 is 1.25 bits per heavy atom. The van der Waals surface area contributed by atoms with E-state index in [-0.39, 0.29) is 6.61 Å².